The van der Waals surface area contributed by atoms with Crippen molar-refractivity contribution in [3.63, 3.8) is 0 Å². The van der Waals surface area contributed by atoms with Crippen molar-refractivity contribution in [3.05, 3.63) is 45.9 Å². The van der Waals surface area contributed by atoms with Crippen LogP contribution in [0.5, 0.6) is 0 Å². The molecule has 0 saturated carbocycles. The van der Waals surface area contributed by atoms with E-state index >= 15 is 0 Å². The molecule has 3 nitrogen and oxygen atoms in total. The first-order valence-electron chi connectivity index (χ1n) is 5.05. The Kier molecular flexibility index (Phi) is 5.68. The molecule has 5 heteroatoms. The largest absolute Gasteiger partial charge is 0.395 e. The number of rotatable bonds is 5. The molecular formula is C12H13BrClNO2. The zero-order valence-corrected chi connectivity index (χ0v) is 11.5. The molecule has 0 aliphatic heterocycles. The van der Waals surface area contributed by atoms with Crippen molar-refractivity contribution in [3.8, 4) is 0 Å². The molecule has 1 rings (SSSR count). The lowest BCUT2D eigenvalue weighted by Crippen LogP contribution is -2.33. The lowest BCUT2D eigenvalue weighted by molar-refractivity contribution is 0.0743. The van der Waals surface area contributed by atoms with Crippen molar-refractivity contribution in [2.75, 3.05) is 19.7 Å². The summed E-state index contributed by atoms with van der Waals surface area (Å²) >= 11 is 9.17. The van der Waals surface area contributed by atoms with Crippen LogP contribution in [-0.2, 0) is 0 Å². The highest BCUT2D eigenvalue weighted by atomic mass is 79.9. The van der Waals surface area contributed by atoms with Crippen LogP contribution in [0.2, 0.25) is 5.02 Å². The monoisotopic (exact) mass is 317 g/mol. The Balaban J connectivity index is 2.95. The van der Waals surface area contributed by atoms with E-state index in [4.69, 9.17) is 16.7 Å². The van der Waals surface area contributed by atoms with Crippen molar-refractivity contribution in [2.45, 2.75) is 0 Å². The van der Waals surface area contributed by atoms with Crippen LogP contribution in [0.4, 0.5) is 0 Å². The Labute approximate surface area is 114 Å². The van der Waals surface area contributed by atoms with E-state index < -0.39 is 0 Å². The van der Waals surface area contributed by atoms with Crippen LogP contribution in [0.15, 0.2) is 35.3 Å². The molecule has 0 radical (unpaired) electrons. The normalized spacial score (nSPS) is 10.1. The molecule has 0 aliphatic carbocycles. The topological polar surface area (TPSA) is 40.5 Å². The molecule has 0 saturated heterocycles. The summed E-state index contributed by atoms with van der Waals surface area (Å²) in [5, 5.41) is 9.40. The van der Waals surface area contributed by atoms with Gasteiger partial charge in [0.1, 0.15) is 0 Å². The van der Waals surface area contributed by atoms with Crippen molar-refractivity contribution in [1.82, 2.24) is 4.90 Å². The van der Waals surface area contributed by atoms with Crippen LogP contribution in [0.3, 0.4) is 0 Å². The van der Waals surface area contributed by atoms with Gasteiger partial charge in [-0.25, -0.2) is 0 Å². The maximum Gasteiger partial charge on any atom is 0.254 e. The minimum atomic E-state index is -0.179. The van der Waals surface area contributed by atoms with Gasteiger partial charge < -0.3 is 10.0 Å². The molecule has 1 aromatic rings. The van der Waals surface area contributed by atoms with Crippen molar-refractivity contribution < 1.29 is 9.90 Å². The summed E-state index contributed by atoms with van der Waals surface area (Å²) in [6, 6.07) is 5.01. The zero-order valence-electron chi connectivity index (χ0n) is 9.20. The number of aliphatic hydroxyl groups excluding tert-OH is 1. The third kappa shape index (κ3) is 4.15. The fraction of sp³-hybridized carbons (Fsp3) is 0.250. The highest BCUT2D eigenvalue weighted by molar-refractivity contribution is 9.10. The fourth-order valence-corrected chi connectivity index (χ4v) is 2.27. The summed E-state index contributed by atoms with van der Waals surface area (Å²) in [5.41, 5.74) is 0.486. The molecule has 0 fully saturated rings. The molecule has 1 N–H and O–H groups in total. The van der Waals surface area contributed by atoms with Gasteiger partial charge in [-0.1, -0.05) is 33.6 Å². The highest BCUT2D eigenvalue weighted by Gasteiger charge is 2.14. The van der Waals surface area contributed by atoms with Gasteiger partial charge in [-0.2, -0.15) is 0 Å². The molecule has 0 bridgehead atoms. The van der Waals surface area contributed by atoms with Crippen LogP contribution in [0.25, 0.3) is 0 Å². The second-order valence-electron chi connectivity index (χ2n) is 3.42. The fourth-order valence-electron chi connectivity index (χ4n) is 1.41. The first kappa shape index (κ1) is 14.2. The number of halogens is 2. The SMILES string of the molecule is C=CCN(CCO)C(=O)c1cc(Cl)cc(Br)c1. The summed E-state index contributed by atoms with van der Waals surface area (Å²) in [5.74, 6) is -0.179. The quantitative estimate of drug-likeness (QED) is 0.848. The predicted molar refractivity (Wildman–Crippen MR) is 72.3 cm³/mol. The van der Waals surface area contributed by atoms with Crippen molar-refractivity contribution in [2.24, 2.45) is 0 Å². The van der Waals surface area contributed by atoms with Crippen LogP contribution in [-0.4, -0.2) is 35.6 Å². The lowest BCUT2D eigenvalue weighted by Gasteiger charge is -2.20. The third-order valence-corrected chi connectivity index (χ3v) is 2.79. The summed E-state index contributed by atoms with van der Waals surface area (Å²) in [7, 11) is 0. The average molecular weight is 319 g/mol. The average Bonchev–Trinajstić information content (AvgIpc) is 2.26. The van der Waals surface area contributed by atoms with Crippen molar-refractivity contribution in [1.29, 1.82) is 0 Å². The summed E-state index contributed by atoms with van der Waals surface area (Å²) in [4.78, 5) is 13.6. The van der Waals surface area contributed by atoms with E-state index in [-0.39, 0.29) is 19.1 Å². The number of nitrogens with zero attached hydrogens (tertiary/aromatic N) is 1. The second kappa shape index (κ2) is 6.79. The van der Waals surface area contributed by atoms with E-state index in [9.17, 15) is 4.79 Å². The van der Waals surface area contributed by atoms with E-state index in [1.807, 2.05) is 0 Å². The molecular weight excluding hydrogens is 305 g/mol. The third-order valence-electron chi connectivity index (χ3n) is 2.12. The Morgan fingerprint density at radius 1 is 1.53 bits per heavy atom. The highest BCUT2D eigenvalue weighted by Crippen LogP contribution is 2.20. The van der Waals surface area contributed by atoms with Crippen LogP contribution < -0.4 is 0 Å². The van der Waals surface area contributed by atoms with Gasteiger partial charge in [-0.15, -0.1) is 6.58 Å². The predicted octanol–water partition coefficient (Wildman–Crippen LogP) is 2.72. The zero-order chi connectivity index (χ0) is 12.8. The first-order valence-corrected chi connectivity index (χ1v) is 6.22. The summed E-state index contributed by atoms with van der Waals surface area (Å²) in [6.07, 6.45) is 1.62. The summed E-state index contributed by atoms with van der Waals surface area (Å²) in [6.45, 7) is 4.17. The van der Waals surface area contributed by atoms with E-state index in [1.54, 1.807) is 24.3 Å². The van der Waals surface area contributed by atoms with Gasteiger partial charge in [-0.3, -0.25) is 4.79 Å². The number of hydrogen-bond donors (Lipinski definition) is 1. The molecule has 0 spiro atoms. The second-order valence-corrected chi connectivity index (χ2v) is 4.77. The molecule has 0 heterocycles. The smallest absolute Gasteiger partial charge is 0.254 e. The summed E-state index contributed by atoms with van der Waals surface area (Å²) < 4.78 is 0.746. The van der Waals surface area contributed by atoms with Gasteiger partial charge in [0.15, 0.2) is 0 Å². The molecule has 1 aromatic carbocycles. The van der Waals surface area contributed by atoms with Gasteiger partial charge in [-0.05, 0) is 18.2 Å². The number of benzene rings is 1. The first-order chi connectivity index (χ1) is 8.08. The maximum atomic E-state index is 12.1. The molecule has 0 aromatic heterocycles. The van der Waals surface area contributed by atoms with E-state index in [1.165, 1.54) is 4.90 Å². The van der Waals surface area contributed by atoms with E-state index in [0.29, 0.717) is 17.1 Å². The Bertz CT molecular complexity index is 403. The van der Waals surface area contributed by atoms with E-state index in [2.05, 4.69) is 22.5 Å². The van der Waals surface area contributed by atoms with Gasteiger partial charge in [0.05, 0.1) is 6.61 Å². The number of carbonyl (C=O) groups excluding carboxylic acids is 1. The molecule has 0 aliphatic rings. The Morgan fingerprint density at radius 2 is 2.24 bits per heavy atom. The van der Waals surface area contributed by atoms with Gasteiger partial charge >= 0.3 is 0 Å². The van der Waals surface area contributed by atoms with Crippen LogP contribution >= 0.6 is 27.5 Å². The van der Waals surface area contributed by atoms with Crippen LogP contribution in [0.1, 0.15) is 10.4 Å². The number of aliphatic hydroxyl groups is 1. The molecule has 92 valence electrons. The van der Waals surface area contributed by atoms with E-state index in [0.717, 1.165) is 4.47 Å². The van der Waals surface area contributed by atoms with Gasteiger partial charge in [0.25, 0.3) is 5.91 Å². The Morgan fingerprint density at radius 3 is 2.76 bits per heavy atom. The van der Waals surface area contributed by atoms with Crippen LogP contribution in [0, 0.1) is 0 Å². The molecule has 17 heavy (non-hydrogen) atoms. The number of hydrogen-bond acceptors (Lipinski definition) is 2. The number of amides is 1. The van der Waals surface area contributed by atoms with Crippen molar-refractivity contribution >= 4 is 33.4 Å². The molecule has 1 amide bonds. The van der Waals surface area contributed by atoms with Gasteiger partial charge in [0, 0.05) is 28.1 Å². The lowest BCUT2D eigenvalue weighted by atomic mass is 10.2. The number of carbonyl (C=O) groups is 1. The minimum absolute atomic E-state index is 0.0820. The Hall–Kier alpha value is -0.840. The van der Waals surface area contributed by atoms with Gasteiger partial charge in [0.2, 0.25) is 0 Å². The standard InChI is InChI=1S/C12H13BrClNO2/c1-2-3-15(4-5-16)12(17)9-6-10(13)8-11(14)7-9/h2,6-8,16H,1,3-5H2. The molecule has 0 atom stereocenters. The minimum Gasteiger partial charge on any atom is -0.395 e. The maximum absolute atomic E-state index is 12.1. The molecule has 0 unspecified atom stereocenters.